The highest BCUT2D eigenvalue weighted by molar-refractivity contribution is 8.03. The highest BCUT2D eigenvalue weighted by Crippen LogP contribution is 2.50. The minimum Gasteiger partial charge on any atom is -0.456 e. The molecule has 2 saturated heterocycles. The van der Waals surface area contributed by atoms with Gasteiger partial charge >= 0.3 is 12.1 Å². The average molecular weight is 796 g/mol. The lowest BCUT2D eigenvalue weighted by Gasteiger charge is -2.48. The maximum Gasteiger partial charge on any atom is 0.435 e. The molecule has 0 spiro atoms. The third-order valence-corrected chi connectivity index (χ3v) is 17.1. The van der Waals surface area contributed by atoms with E-state index in [4.69, 9.17) is 13.9 Å². The smallest absolute Gasteiger partial charge is 0.435 e. The van der Waals surface area contributed by atoms with E-state index in [9.17, 15) is 34.6 Å². The number of β-lactam (4-membered cyclic amide) rings is 1. The first-order chi connectivity index (χ1) is 25.8. The van der Waals surface area contributed by atoms with Gasteiger partial charge < -0.3 is 23.7 Å². The second kappa shape index (κ2) is 16.6. The van der Waals surface area contributed by atoms with Crippen molar-refractivity contribution in [2.75, 3.05) is 13.1 Å². The van der Waals surface area contributed by atoms with Crippen molar-refractivity contribution in [3.05, 3.63) is 90.5 Å². The monoisotopic (exact) mass is 795 g/mol. The van der Waals surface area contributed by atoms with E-state index in [1.54, 1.807) is 23.6 Å². The Morgan fingerprint density at radius 2 is 1.51 bits per heavy atom. The number of nitro benzene ring substituents is 2. The quantitative estimate of drug-likeness (QED) is 0.0369. The highest BCUT2D eigenvalue weighted by Gasteiger charge is 2.58. The van der Waals surface area contributed by atoms with E-state index >= 15 is 0 Å². The Balaban J connectivity index is 1.25. The number of nitro groups is 2. The Hall–Kier alpha value is -4.61. The average Bonchev–Trinajstić information content (AvgIpc) is 3.73. The topological polar surface area (TPSA) is 184 Å². The zero-order valence-electron chi connectivity index (χ0n) is 32.5. The van der Waals surface area contributed by atoms with Gasteiger partial charge in [0.2, 0.25) is 5.91 Å². The zero-order valence-corrected chi connectivity index (χ0v) is 34.3. The van der Waals surface area contributed by atoms with Crippen LogP contribution in [0.4, 0.5) is 16.2 Å². The SMILES string of the molecule is CC(=NC(=O)OCc1ccc([N+](=O)[O-])cc1)N1CCC(C(C)SC2=C(C(=O)OCc3ccc([N+](=O)[O-])cc3)N3C(=O)C(C(C)O[Si](C)(C)C(C)(C)C)[C@H]3C2)C1. The number of fused-ring (bicyclic) bond motifs is 1. The van der Waals surface area contributed by atoms with E-state index in [1.807, 2.05) is 11.8 Å². The number of nitrogens with zero attached hydrogens (tertiary/aromatic N) is 5. The summed E-state index contributed by atoms with van der Waals surface area (Å²) in [6.45, 7) is 17.7. The fraction of sp³-hybridized carbons (Fsp3) is 0.526. The lowest BCUT2D eigenvalue weighted by Crippen LogP contribution is -2.63. The number of carbonyl (C=O) groups excluding carboxylic acids is 3. The molecule has 17 heteroatoms. The van der Waals surface area contributed by atoms with Gasteiger partial charge in [0.15, 0.2) is 8.32 Å². The largest absolute Gasteiger partial charge is 0.456 e. The fourth-order valence-corrected chi connectivity index (χ4v) is 9.69. The van der Waals surface area contributed by atoms with Gasteiger partial charge in [-0.3, -0.25) is 25.0 Å². The molecule has 5 atom stereocenters. The maximum atomic E-state index is 13.8. The van der Waals surface area contributed by atoms with E-state index in [0.29, 0.717) is 36.5 Å². The molecule has 0 bridgehead atoms. The molecule has 3 aliphatic heterocycles. The van der Waals surface area contributed by atoms with Gasteiger partial charge in [-0.25, -0.2) is 9.59 Å². The first kappa shape index (κ1) is 41.5. The van der Waals surface area contributed by atoms with Crippen LogP contribution in [0.15, 0.2) is 64.1 Å². The maximum absolute atomic E-state index is 13.8. The molecule has 0 aromatic heterocycles. The molecule has 2 fully saturated rings. The number of esters is 1. The lowest BCUT2D eigenvalue weighted by molar-refractivity contribution is -0.385. The predicted molar refractivity (Wildman–Crippen MR) is 210 cm³/mol. The van der Waals surface area contributed by atoms with E-state index < -0.39 is 36.1 Å². The van der Waals surface area contributed by atoms with Crippen LogP contribution in [0, 0.1) is 32.1 Å². The van der Waals surface area contributed by atoms with E-state index in [1.165, 1.54) is 48.5 Å². The molecule has 5 rings (SSSR count). The van der Waals surface area contributed by atoms with Gasteiger partial charge in [0.25, 0.3) is 11.4 Å². The number of amidine groups is 1. The summed E-state index contributed by atoms with van der Waals surface area (Å²) in [5, 5.41) is 22.0. The number of hydrogen-bond donors (Lipinski definition) is 0. The van der Waals surface area contributed by atoms with Gasteiger partial charge in [-0.15, -0.1) is 11.8 Å². The van der Waals surface area contributed by atoms with Crippen molar-refractivity contribution in [2.45, 2.75) is 103 Å². The van der Waals surface area contributed by atoms with Crippen molar-refractivity contribution >= 4 is 55.3 Å². The van der Waals surface area contributed by atoms with Gasteiger partial charge in [-0.2, -0.15) is 4.99 Å². The number of hydrogen-bond acceptors (Lipinski definition) is 11. The summed E-state index contributed by atoms with van der Waals surface area (Å²) < 4.78 is 17.7. The summed E-state index contributed by atoms with van der Waals surface area (Å²) in [6, 6.07) is 11.3. The second-order valence-electron chi connectivity index (χ2n) is 15.8. The normalized spacial score (nSPS) is 21.2. The van der Waals surface area contributed by atoms with Crippen LogP contribution in [-0.2, 0) is 36.7 Å². The molecular weight excluding hydrogens is 747 g/mol. The summed E-state index contributed by atoms with van der Waals surface area (Å²) in [4.78, 5) is 69.6. The number of benzene rings is 2. The van der Waals surface area contributed by atoms with Crippen molar-refractivity contribution in [1.82, 2.24) is 9.80 Å². The molecule has 0 saturated carbocycles. The van der Waals surface area contributed by atoms with Crippen LogP contribution in [0.25, 0.3) is 0 Å². The molecular formula is C38H49N5O10SSi. The number of rotatable bonds is 13. The van der Waals surface area contributed by atoms with E-state index in [0.717, 1.165) is 11.3 Å². The summed E-state index contributed by atoms with van der Waals surface area (Å²) in [7, 11) is -2.19. The minimum absolute atomic E-state index is 0.0347. The molecule has 15 nitrogen and oxygen atoms in total. The van der Waals surface area contributed by atoms with Crippen molar-refractivity contribution in [1.29, 1.82) is 0 Å². The van der Waals surface area contributed by atoms with Crippen LogP contribution in [0.2, 0.25) is 18.1 Å². The molecule has 55 heavy (non-hydrogen) atoms. The molecule has 4 unspecified atom stereocenters. The highest BCUT2D eigenvalue weighted by atomic mass is 32.2. The van der Waals surface area contributed by atoms with Crippen molar-refractivity contribution < 1.29 is 38.1 Å². The Kier molecular flexibility index (Phi) is 12.6. The number of amides is 2. The molecule has 3 heterocycles. The standard InChI is InChI=1S/C38H49N5O10SSi/c1-23(53-55(7,8)38(4,5)6)33-31-19-32(34(41(31)35(33)44)36(45)51-21-26-9-13-29(14-10-26)42(47)48)54-24(2)28-17-18-40(20-28)25(3)39-37(46)52-22-27-11-15-30(16-12-27)43(49)50/h9-16,23-24,28,31,33H,17-22H2,1-8H3/t23?,24?,28?,31-,33?/m1/s1. The van der Waals surface area contributed by atoms with Crippen LogP contribution < -0.4 is 0 Å². The summed E-state index contributed by atoms with van der Waals surface area (Å²) in [6.07, 6.45) is 0.222. The van der Waals surface area contributed by atoms with Gasteiger partial charge in [0.1, 0.15) is 24.7 Å². The number of likely N-dealkylation sites (tertiary alicyclic amines) is 1. The van der Waals surface area contributed by atoms with E-state index in [2.05, 4.69) is 45.8 Å². The summed E-state index contributed by atoms with van der Waals surface area (Å²) >= 11 is 1.56. The number of aliphatic imine (C=N–C) groups is 1. The number of ether oxygens (including phenoxy) is 2. The molecule has 2 amide bonds. The van der Waals surface area contributed by atoms with Crippen molar-refractivity contribution in [3.63, 3.8) is 0 Å². The Morgan fingerprint density at radius 1 is 0.964 bits per heavy atom. The first-order valence-electron chi connectivity index (χ1n) is 18.3. The van der Waals surface area contributed by atoms with Gasteiger partial charge in [-0.05, 0) is 79.7 Å². The molecule has 2 aromatic rings. The Labute approximate surface area is 325 Å². The number of thioether (sulfide) groups is 1. The van der Waals surface area contributed by atoms with Crippen LogP contribution in [0.5, 0.6) is 0 Å². The summed E-state index contributed by atoms with van der Waals surface area (Å²) in [5.74, 6) is -0.500. The number of carbonyl (C=O) groups is 3. The zero-order chi connectivity index (χ0) is 40.4. The van der Waals surface area contributed by atoms with Crippen LogP contribution in [0.3, 0.4) is 0 Å². The van der Waals surface area contributed by atoms with Crippen molar-refractivity contribution in [3.8, 4) is 0 Å². The molecule has 0 N–H and O–H groups in total. The summed E-state index contributed by atoms with van der Waals surface area (Å²) in [5.41, 5.74) is 1.31. The predicted octanol–water partition coefficient (Wildman–Crippen LogP) is 7.60. The fourth-order valence-electron chi connectivity index (χ4n) is 6.84. The first-order valence-corrected chi connectivity index (χ1v) is 22.1. The third kappa shape index (κ3) is 9.44. The van der Waals surface area contributed by atoms with Crippen LogP contribution >= 0.6 is 11.8 Å². The second-order valence-corrected chi connectivity index (χ2v) is 22.0. The molecule has 0 radical (unpaired) electrons. The van der Waals surface area contributed by atoms with Gasteiger partial charge in [0.05, 0.1) is 27.9 Å². The minimum atomic E-state index is -2.19. The Morgan fingerprint density at radius 3 is 2.04 bits per heavy atom. The van der Waals surface area contributed by atoms with Gasteiger partial charge in [-0.1, -0.05) is 27.7 Å². The van der Waals surface area contributed by atoms with Crippen molar-refractivity contribution in [2.24, 2.45) is 16.8 Å². The lowest BCUT2D eigenvalue weighted by atomic mass is 9.83. The molecule has 2 aromatic carbocycles. The van der Waals surface area contributed by atoms with E-state index in [-0.39, 0.29) is 64.5 Å². The third-order valence-electron chi connectivity index (χ3n) is 11.1. The van der Waals surface area contributed by atoms with Gasteiger partial charge in [0, 0.05) is 53.9 Å². The van der Waals surface area contributed by atoms with Crippen LogP contribution in [0.1, 0.15) is 65.5 Å². The molecule has 0 aliphatic carbocycles. The molecule has 3 aliphatic rings. The Bertz CT molecular complexity index is 1880. The van der Waals surface area contributed by atoms with Crippen LogP contribution in [-0.4, -0.2) is 82.3 Å². The number of non-ortho nitro benzene ring substituents is 2. The molecule has 296 valence electrons.